The molecule has 1 aliphatic heterocycles. The number of hydrogen-bond donors (Lipinski definition) is 4. The van der Waals surface area contributed by atoms with Crippen molar-refractivity contribution in [2.75, 3.05) is 13.2 Å². The first-order valence-electron chi connectivity index (χ1n) is 11.3. The van der Waals surface area contributed by atoms with Crippen LogP contribution in [0.5, 0.6) is 5.75 Å². The van der Waals surface area contributed by atoms with Crippen molar-refractivity contribution in [1.82, 2.24) is 25.7 Å². The van der Waals surface area contributed by atoms with Crippen LogP contribution in [0.2, 0.25) is 0 Å². The van der Waals surface area contributed by atoms with Crippen LogP contribution in [0.3, 0.4) is 0 Å². The Morgan fingerprint density at radius 1 is 0.919 bits per heavy atom. The van der Waals surface area contributed by atoms with E-state index < -0.39 is 30.2 Å². The van der Waals surface area contributed by atoms with Crippen molar-refractivity contribution in [1.29, 1.82) is 0 Å². The van der Waals surface area contributed by atoms with Gasteiger partial charge in [-0.15, -0.1) is 0 Å². The Morgan fingerprint density at radius 3 is 2.19 bits per heavy atom. The van der Waals surface area contributed by atoms with Crippen molar-refractivity contribution >= 4 is 23.6 Å². The molecular weight excluding hydrogens is 480 g/mol. The Morgan fingerprint density at radius 2 is 1.54 bits per heavy atom. The third kappa shape index (κ3) is 6.44. The monoisotopic (exact) mass is 504 g/mol. The van der Waals surface area contributed by atoms with Gasteiger partial charge < -0.3 is 21.1 Å². The predicted molar refractivity (Wildman–Crippen MR) is 128 cm³/mol. The minimum absolute atomic E-state index is 0.0176. The fourth-order valence-electron chi connectivity index (χ4n) is 3.63. The van der Waals surface area contributed by atoms with Crippen LogP contribution in [-0.4, -0.2) is 57.0 Å². The summed E-state index contributed by atoms with van der Waals surface area (Å²) in [5.41, 5.74) is 7.86. The SMILES string of the molecule is NC(=O)CN(O)C(=O)c1ccc(CNC(=O)c2cc(C(=O)NCc3ccc4c(c3)CCO4)ncn2)cc1. The van der Waals surface area contributed by atoms with Crippen LogP contribution in [0.1, 0.15) is 48.0 Å². The largest absolute Gasteiger partial charge is 0.493 e. The summed E-state index contributed by atoms with van der Waals surface area (Å²) < 4.78 is 5.49. The van der Waals surface area contributed by atoms with Gasteiger partial charge in [0.05, 0.1) is 6.61 Å². The summed E-state index contributed by atoms with van der Waals surface area (Å²) >= 11 is 0. The summed E-state index contributed by atoms with van der Waals surface area (Å²) in [7, 11) is 0. The number of aromatic nitrogens is 2. The second-order valence-electron chi connectivity index (χ2n) is 8.22. The average molecular weight is 505 g/mol. The van der Waals surface area contributed by atoms with Crippen LogP contribution < -0.4 is 21.1 Å². The molecule has 0 fully saturated rings. The molecule has 12 heteroatoms. The molecule has 2 heterocycles. The molecule has 0 saturated heterocycles. The van der Waals surface area contributed by atoms with Gasteiger partial charge in [-0.3, -0.25) is 24.4 Å². The average Bonchev–Trinajstić information content (AvgIpc) is 3.38. The van der Waals surface area contributed by atoms with E-state index in [1.807, 2.05) is 18.2 Å². The van der Waals surface area contributed by atoms with E-state index in [4.69, 9.17) is 10.5 Å². The van der Waals surface area contributed by atoms with Crippen molar-refractivity contribution < 1.29 is 29.1 Å². The van der Waals surface area contributed by atoms with Crippen LogP contribution in [-0.2, 0) is 24.3 Å². The number of ether oxygens (including phenoxy) is 1. The van der Waals surface area contributed by atoms with Gasteiger partial charge in [-0.05, 0) is 34.9 Å². The fourth-order valence-corrected chi connectivity index (χ4v) is 3.63. The zero-order valence-electron chi connectivity index (χ0n) is 19.6. The highest BCUT2D eigenvalue weighted by molar-refractivity contribution is 5.97. The summed E-state index contributed by atoms with van der Waals surface area (Å²) in [4.78, 5) is 55.9. The first-order valence-corrected chi connectivity index (χ1v) is 11.3. The molecule has 1 aliphatic rings. The van der Waals surface area contributed by atoms with Crippen molar-refractivity contribution in [2.24, 2.45) is 5.73 Å². The molecule has 0 bridgehead atoms. The highest BCUT2D eigenvalue weighted by atomic mass is 16.5. The zero-order chi connectivity index (χ0) is 26.4. The smallest absolute Gasteiger partial charge is 0.277 e. The molecule has 5 N–H and O–H groups in total. The number of rotatable bonds is 9. The quantitative estimate of drug-likeness (QED) is 0.242. The van der Waals surface area contributed by atoms with E-state index in [1.54, 1.807) is 12.1 Å². The number of nitrogens with one attached hydrogen (secondary N) is 2. The van der Waals surface area contributed by atoms with E-state index in [9.17, 15) is 24.4 Å². The van der Waals surface area contributed by atoms with Crippen LogP contribution >= 0.6 is 0 Å². The van der Waals surface area contributed by atoms with Gasteiger partial charge in [-0.25, -0.2) is 15.0 Å². The highest BCUT2D eigenvalue weighted by Gasteiger charge is 2.17. The molecular formula is C25H24N6O6. The van der Waals surface area contributed by atoms with E-state index in [0.29, 0.717) is 18.7 Å². The van der Waals surface area contributed by atoms with Crippen molar-refractivity contribution in [3.8, 4) is 5.75 Å². The number of fused-ring (bicyclic) bond motifs is 1. The number of benzene rings is 2. The molecule has 190 valence electrons. The Kier molecular flexibility index (Phi) is 7.69. The summed E-state index contributed by atoms with van der Waals surface area (Å²) in [6.07, 6.45) is 1.98. The van der Waals surface area contributed by atoms with Gasteiger partial charge in [0.2, 0.25) is 5.91 Å². The first kappa shape index (κ1) is 25.3. The van der Waals surface area contributed by atoms with Crippen LogP contribution in [0.25, 0.3) is 0 Å². The van der Waals surface area contributed by atoms with Crippen LogP contribution in [0.15, 0.2) is 54.9 Å². The number of nitrogens with two attached hydrogens (primary N) is 1. The van der Waals surface area contributed by atoms with E-state index in [-0.39, 0.29) is 28.6 Å². The minimum Gasteiger partial charge on any atom is -0.493 e. The molecule has 3 aromatic rings. The van der Waals surface area contributed by atoms with Crippen molar-refractivity contribution in [2.45, 2.75) is 19.5 Å². The zero-order valence-corrected chi connectivity index (χ0v) is 19.6. The molecule has 0 saturated carbocycles. The second-order valence-corrected chi connectivity index (χ2v) is 8.22. The van der Waals surface area contributed by atoms with Crippen LogP contribution in [0, 0.1) is 0 Å². The van der Waals surface area contributed by atoms with Crippen LogP contribution in [0.4, 0.5) is 0 Å². The van der Waals surface area contributed by atoms with Gasteiger partial charge in [0.1, 0.15) is 30.0 Å². The van der Waals surface area contributed by atoms with Gasteiger partial charge >= 0.3 is 0 Å². The summed E-state index contributed by atoms with van der Waals surface area (Å²) in [5.74, 6) is -1.73. The van der Waals surface area contributed by atoms with E-state index in [0.717, 1.165) is 29.6 Å². The molecule has 12 nitrogen and oxygen atoms in total. The summed E-state index contributed by atoms with van der Waals surface area (Å²) in [6.45, 7) is 0.444. The Balaban J connectivity index is 1.30. The van der Waals surface area contributed by atoms with E-state index in [1.165, 1.54) is 18.2 Å². The third-order valence-corrected chi connectivity index (χ3v) is 5.53. The standard InChI is InChI=1S/C25H24N6O6/c26-22(32)13-31(36)25(35)17-4-1-15(2-5-17)11-27-23(33)19-10-20(30-14-29-19)24(34)28-12-16-3-6-21-18(9-16)7-8-37-21/h1-6,9-10,14,36H,7-8,11-13H2,(H2,26,32)(H,27,33)(H,28,34). The maximum Gasteiger partial charge on any atom is 0.277 e. The molecule has 4 amide bonds. The highest BCUT2D eigenvalue weighted by Crippen LogP contribution is 2.25. The van der Waals surface area contributed by atoms with Gasteiger partial charge in [0.15, 0.2) is 0 Å². The maximum atomic E-state index is 12.6. The number of primary amides is 1. The lowest BCUT2D eigenvalue weighted by atomic mass is 10.1. The van der Waals surface area contributed by atoms with Crippen molar-refractivity contribution in [3.63, 3.8) is 0 Å². The number of carbonyl (C=O) groups is 4. The van der Waals surface area contributed by atoms with Gasteiger partial charge in [0, 0.05) is 31.1 Å². The van der Waals surface area contributed by atoms with Gasteiger partial charge in [-0.1, -0.05) is 24.3 Å². The molecule has 4 rings (SSSR count). The lowest BCUT2D eigenvalue weighted by molar-refractivity contribution is -0.127. The first-order chi connectivity index (χ1) is 17.8. The van der Waals surface area contributed by atoms with Gasteiger partial charge in [-0.2, -0.15) is 0 Å². The number of hydrogen-bond acceptors (Lipinski definition) is 8. The molecule has 0 unspecified atom stereocenters. The number of carbonyl (C=O) groups excluding carboxylic acids is 4. The predicted octanol–water partition coefficient (Wildman–Crippen LogP) is 0.588. The molecule has 0 atom stereocenters. The number of nitrogens with zero attached hydrogens (tertiary/aromatic N) is 3. The molecule has 0 spiro atoms. The summed E-state index contributed by atoms with van der Waals surface area (Å²) in [6, 6.07) is 13.1. The van der Waals surface area contributed by atoms with E-state index >= 15 is 0 Å². The lowest BCUT2D eigenvalue weighted by Crippen LogP contribution is -2.35. The Hall–Kier alpha value is -4.84. The molecule has 0 radical (unpaired) electrons. The van der Waals surface area contributed by atoms with Gasteiger partial charge in [0.25, 0.3) is 17.7 Å². The van der Waals surface area contributed by atoms with E-state index in [2.05, 4.69) is 20.6 Å². The third-order valence-electron chi connectivity index (χ3n) is 5.53. The van der Waals surface area contributed by atoms with Crippen molar-refractivity contribution in [3.05, 3.63) is 88.5 Å². The Labute approximate surface area is 211 Å². The molecule has 1 aromatic heterocycles. The number of amides is 4. The normalized spacial score (nSPS) is 11.7. The molecule has 0 aliphatic carbocycles. The molecule has 37 heavy (non-hydrogen) atoms. The number of hydroxylamine groups is 2. The second kappa shape index (κ2) is 11.3. The lowest BCUT2D eigenvalue weighted by Gasteiger charge is -2.13. The topological polar surface area (TPSA) is 177 Å². The maximum absolute atomic E-state index is 12.6. The fraction of sp³-hybridized carbons (Fsp3) is 0.200. The Bertz CT molecular complexity index is 1340. The molecule has 2 aromatic carbocycles. The minimum atomic E-state index is -0.852. The summed E-state index contributed by atoms with van der Waals surface area (Å²) in [5, 5.41) is 15.3.